The zero-order valence-electron chi connectivity index (χ0n) is 20.9. The topological polar surface area (TPSA) is 82.1 Å². The van der Waals surface area contributed by atoms with Crippen molar-refractivity contribution in [2.24, 2.45) is 0 Å². The van der Waals surface area contributed by atoms with E-state index >= 15 is 0 Å². The molecular weight excluding hydrogens is 446 g/mol. The van der Waals surface area contributed by atoms with Gasteiger partial charge in [0.05, 0.1) is 23.6 Å². The van der Waals surface area contributed by atoms with Crippen LogP contribution in [-0.2, 0) is 23.5 Å². The summed E-state index contributed by atoms with van der Waals surface area (Å²) in [6, 6.07) is 6.03. The van der Waals surface area contributed by atoms with Gasteiger partial charge in [-0.05, 0) is 64.4 Å². The summed E-state index contributed by atoms with van der Waals surface area (Å²) >= 11 is 0. The van der Waals surface area contributed by atoms with Crippen LogP contribution < -0.4 is 0 Å². The molecule has 1 amide bonds. The second-order valence-electron chi connectivity index (χ2n) is 11.1. The first-order valence-electron chi connectivity index (χ1n) is 11.0. The number of rotatable bonds is 6. The molecule has 0 unspecified atom stereocenters. The molecule has 0 aromatic heterocycles. The zero-order chi connectivity index (χ0) is 24.5. The number of amides is 1. The summed E-state index contributed by atoms with van der Waals surface area (Å²) < 4.78 is 42.8. The van der Waals surface area contributed by atoms with Gasteiger partial charge in [-0.2, -0.15) is 8.42 Å². The molecule has 1 aliphatic rings. The summed E-state index contributed by atoms with van der Waals surface area (Å²) in [6.45, 7) is 18.3. The lowest BCUT2D eigenvalue weighted by molar-refractivity contribution is 0.0176. The van der Waals surface area contributed by atoms with Crippen LogP contribution in [-0.4, -0.2) is 58.6 Å². The minimum atomic E-state index is -3.94. The van der Waals surface area contributed by atoms with Gasteiger partial charge in [-0.3, -0.25) is 4.18 Å². The standard InChI is InChI=1S/C23H39NO6SSi/c1-17-10-12-20(13-11-17)31(26,27)28-16-18-14-19(30-32(8,9)23(5,6)7)15-24(18)21(25)29-22(2,3)4/h10-13,18-19H,14-16H2,1-9H3/t18-,19+/m0/s1. The number of benzene rings is 1. The van der Waals surface area contributed by atoms with E-state index < -0.39 is 36.2 Å². The lowest BCUT2D eigenvalue weighted by Crippen LogP contribution is -2.45. The molecule has 0 N–H and O–H groups in total. The fourth-order valence-electron chi connectivity index (χ4n) is 3.20. The van der Waals surface area contributed by atoms with Crippen LogP contribution in [0.4, 0.5) is 4.79 Å². The highest BCUT2D eigenvalue weighted by Gasteiger charge is 2.44. The Labute approximate surface area is 194 Å². The minimum Gasteiger partial charge on any atom is -0.444 e. The molecule has 0 spiro atoms. The Kier molecular flexibility index (Phi) is 7.92. The van der Waals surface area contributed by atoms with Gasteiger partial charge < -0.3 is 14.1 Å². The van der Waals surface area contributed by atoms with Gasteiger partial charge in [0.15, 0.2) is 8.32 Å². The Morgan fingerprint density at radius 1 is 1.09 bits per heavy atom. The summed E-state index contributed by atoms with van der Waals surface area (Å²) in [4.78, 5) is 14.5. The Bertz CT molecular complexity index is 900. The van der Waals surface area contributed by atoms with Gasteiger partial charge in [0.25, 0.3) is 10.1 Å². The van der Waals surface area contributed by atoms with E-state index in [4.69, 9.17) is 13.3 Å². The molecule has 0 radical (unpaired) electrons. The SMILES string of the molecule is Cc1ccc(S(=O)(=O)OC[C@@H]2C[C@@H](O[Si](C)(C)C(C)(C)C)CN2C(=O)OC(C)(C)C)cc1. The first-order valence-corrected chi connectivity index (χ1v) is 15.4. The van der Waals surface area contributed by atoms with Crippen LogP contribution in [0.2, 0.25) is 18.1 Å². The summed E-state index contributed by atoms with van der Waals surface area (Å²) in [5.74, 6) is 0. The first kappa shape index (κ1) is 26.8. The number of likely N-dealkylation sites (tertiary alicyclic amines) is 1. The van der Waals surface area contributed by atoms with E-state index in [-0.39, 0.29) is 22.6 Å². The highest BCUT2D eigenvalue weighted by molar-refractivity contribution is 7.86. The smallest absolute Gasteiger partial charge is 0.410 e. The molecule has 182 valence electrons. The first-order chi connectivity index (χ1) is 14.4. The maximum atomic E-state index is 12.9. The molecule has 2 rings (SSSR count). The maximum absolute atomic E-state index is 12.9. The molecule has 1 saturated heterocycles. The Morgan fingerprint density at radius 3 is 2.16 bits per heavy atom. The molecule has 1 heterocycles. The number of hydrogen-bond acceptors (Lipinski definition) is 6. The van der Waals surface area contributed by atoms with E-state index in [0.717, 1.165) is 5.56 Å². The van der Waals surface area contributed by atoms with Crippen LogP contribution in [0.15, 0.2) is 29.2 Å². The molecule has 0 aliphatic carbocycles. The van der Waals surface area contributed by atoms with Crippen molar-refractivity contribution in [1.82, 2.24) is 4.90 Å². The molecule has 1 fully saturated rings. The summed E-state index contributed by atoms with van der Waals surface area (Å²) in [5, 5.41) is 0.0209. The van der Waals surface area contributed by atoms with Crippen molar-refractivity contribution >= 4 is 24.5 Å². The molecular formula is C23H39NO6SSi. The van der Waals surface area contributed by atoms with Gasteiger partial charge in [0.1, 0.15) is 5.60 Å². The van der Waals surface area contributed by atoms with E-state index in [2.05, 4.69) is 33.9 Å². The van der Waals surface area contributed by atoms with Crippen molar-refractivity contribution in [2.75, 3.05) is 13.2 Å². The van der Waals surface area contributed by atoms with Gasteiger partial charge in [0.2, 0.25) is 0 Å². The van der Waals surface area contributed by atoms with E-state index in [9.17, 15) is 13.2 Å². The number of hydrogen-bond donors (Lipinski definition) is 0. The monoisotopic (exact) mass is 485 g/mol. The average Bonchev–Trinajstić information content (AvgIpc) is 3.00. The van der Waals surface area contributed by atoms with Gasteiger partial charge >= 0.3 is 6.09 Å². The van der Waals surface area contributed by atoms with Crippen LogP contribution in [0.1, 0.15) is 53.5 Å². The molecule has 0 bridgehead atoms. The summed E-state index contributed by atoms with van der Waals surface area (Å²) in [6.07, 6.45) is -0.186. The highest BCUT2D eigenvalue weighted by atomic mass is 32.2. The largest absolute Gasteiger partial charge is 0.444 e. The van der Waals surface area contributed by atoms with Crippen molar-refractivity contribution in [1.29, 1.82) is 0 Å². The minimum absolute atomic E-state index is 0.0209. The van der Waals surface area contributed by atoms with E-state index in [1.807, 2.05) is 6.92 Å². The maximum Gasteiger partial charge on any atom is 0.410 e. The fraction of sp³-hybridized carbons (Fsp3) is 0.696. The third kappa shape index (κ3) is 7.04. The second kappa shape index (κ2) is 9.44. The van der Waals surface area contributed by atoms with Gasteiger partial charge in [-0.1, -0.05) is 38.5 Å². The number of nitrogens with zero attached hydrogens (tertiary/aromatic N) is 1. The molecule has 9 heteroatoms. The normalized spacial score (nSPS) is 20.5. The third-order valence-electron chi connectivity index (χ3n) is 6.00. The zero-order valence-corrected chi connectivity index (χ0v) is 22.7. The Morgan fingerprint density at radius 2 is 1.66 bits per heavy atom. The lowest BCUT2D eigenvalue weighted by atomic mass is 10.2. The van der Waals surface area contributed by atoms with E-state index in [1.165, 1.54) is 12.1 Å². The molecule has 1 aromatic carbocycles. The van der Waals surface area contributed by atoms with E-state index in [1.54, 1.807) is 37.8 Å². The van der Waals surface area contributed by atoms with Gasteiger partial charge in [-0.15, -0.1) is 0 Å². The number of ether oxygens (including phenoxy) is 1. The third-order valence-corrected chi connectivity index (χ3v) is 11.8. The highest BCUT2D eigenvalue weighted by Crippen LogP contribution is 2.39. The van der Waals surface area contributed by atoms with Crippen LogP contribution in [0.5, 0.6) is 0 Å². The number of carbonyl (C=O) groups excluding carboxylic acids is 1. The van der Waals surface area contributed by atoms with Gasteiger partial charge in [0, 0.05) is 6.54 Å². The van der Waals surface area contributed by atoms with Crippen LogP contribution in [0.3, 0.4) is 0 Å². The molecule has 0 saturated carbocycles. The molecule has 1 aromatic rings. The fourth-order valence-corrected chi connectivity index (χ4v) is 5.50. The average molecular weight is 486 g/mol. The molecule has 7 nitrogen and oxygen atoms in total. The Balaban J connectivity index is 2.18. The van der Waals surface area contributed by atoms with Crippen LogP contribution >= 0.6 is 0 Å². The second-order valence-corrected chi connectivity index (χ2v) is 17.4. The lowest BCUT2D eigenvalue weighted by Gasteiger charge is -2.38. The summed E-state index contributed by atoms with van der Waals surface area (Å²) in [5.41, 5.74) is 0.302. The predicted octanol–water partition coefficient (Wildman–Crippen LogP) is 5.10. The van der Waals surface area contributed by atoms with Gasteiger partial charge in [-0.25, -0.2) is 4.79 Å². The molecule has 1 aliphatic heterocycles. The molecule has 2 atom stereocenters. The Hall–Kier alpha value is -1.42. The number of carbonyl (C=O) groups is 1. The number of aryl methyl sites for hydroxylation is 1. The van der Waals surface area contributed by atoms with Crippen LogP contribution in [0, 0.1) is 6.92 Å². The van der Waals surface area contributed by atoms with Crippen LogP contribution in [0.25, 0.3) is 0 Å². The quantitative estimate of drug-likeness (QED) is 0.412. The van der Waals surface area contributed by atoms with Crippen molar-refractivity contribution in [3.63, 3.8) is 0 Å². The van der Waals surface area contributed by atoms with Crippen molar-refractivity contribution in [2.45, 2.75) is 95.7 Å². The molecule has 32 heavy (non-hydrogen) atoms. The van der Waals surface area contributed by atoms with Crippen molar-refractivity contribution in [3.05, 3.63) is 29.8 Å². The predicted molar refractivity (Wildman–Crippen MR) is 128 cm³/mol. The van der Waals surface area contributed by atoms with E-state index in [0.29, 0.717) is 13.0 Å². The van der Waals surface area contributed by atoms with Crippen molar-refractivity contribution in [3.8, 4) is 0 Å². The van der Waals surface area contributed by atoms with Crippen molar-refractivity contribution < 1.29 is 26.6 Å². The summed E-state index contributed by atoms with van der Waals surface area (Å²) in [7, 11) is -6.00.